The average Bonchev–Trinajstić information content (AvgIpc) is 2.85. The number of halogens is 1. The minimum Gasteiger partial charge on any atom is -0.377 e. The molecule has 0 aliphatic carbocycles. The number of benzene rings is 1. The second kappa shape index (κ2) is 6.14. The fourth-order valence-electron chi connectivity index (χ4n) is 2.31. The first kappa shape index (κ1) is 14.5. The van der Waals surface area contributed by atoms with Crippen LogP contribution in [0.3, 0.4) is 0 Å². The second-order valence-corrected chi connectivity index (χ2v) is 5.29. The number of methoxy groups -OCH3 is 1. The summed E-state index contributed by atoms with van der Waals surface area (Å²) in [5, 5.41) is 9.42. The standard InChI is InChI=1S/C16H13ClN4O/c1-22-10-15-20-14-6-13(17)8-19-16(14)21(15)9-12-4-2-11(7-18)3-5-12/h2-6,8H,9-10H2,1H3. The number of rotatable bonds is 4. The summed E-state index contributed by atoms with van der Waals surface area (Å²) in [6.07, 6.45) is 1.61. The lowest BCUT2D eigenvalue weighted by Crippen LogP contribution is -2.06. The lowest BCUT2D eigenvalue weighted by Gasteiger charge is -2.08. The zero-order chi connectivity index (χ0) is 15.5. The average molecular weight is 313 g/mol. The molecule has 0 atom stereocenters. The van der Waals surface area contributed by atoms with Crippen molar-refractivity contribution in [3.05, 3.63) is 58.5 Å². The molecule has 3 aromatic rings. The quantitative estimate of drug-likeness (QED) is 0.742. The Morgan fingerprint density at radius 3 is 2.77 bits per heavy atom. The predicted molar refractivity (Wildman–Crippen MR) is 83.5 cm³/mol. The summed E-state index contributed by atoms with van der Waals surface area (Å²) in [5.74, 6) is 0.789. The molecule has 3 rings (SSSR count). The maximum Gasteiger partial charge on any atom is 0.160 e. The Labute approximate surface area is 132 Å². The summed E-state index contributed by atoms with van der Waals surface area (Å²) in [7, 11) is 1.63. The smallest absolute Gasteiger partial charge is 0.160 e. The Balaban J connectivity index is 2.03. The number of nitriles is 1. The normalized spacial score (nSPS) is 10.8. The van der Waals surface area contributed by atoms with E-state index in [2.05, 4.69) is 16.0 Å². The van der Waals surface area contributed by atoms with Crippen LogP contribution in [0.4, 0.5) is 0 Å². The van der Waals surface area contributed by atoms with Gasteiger partial charge in [-0.2, -0.15) is 5.26 Å². The summed E-state index contributed by atoms with van der Waals surface area (Å²) in [6.45, 7) is 1.000. The fourth-order valence-corrected chi connectivity index (χ4v) is 2.46. The lowest BCUT2D eigenvalue weighted by atomic mass is 10.1. The number of nitrogens with zero attached hydrogens (tertiary/aromatic N) is 4. The maximum atomic E-state index is 8.86. The zero-order valence-electron chi connectivity index (χ0n) is 12.0. The Hall–Kier alpha value is -2.42. The Kier molecular flexibility index (Phi) is 4.05. The van der Waals surface area contributed by atoms with Crippen LogP contribution in [0.15, 0.2) is 36.5 Å². The van der Waals surface area contributed by atoms with Crippen LogP contribution < -0.4 is 0 Å². The van der Waals surface area contributed by atoms with E-state index < -0.39 is 0 Å². The van der Waals surface area contributed by atoms with Gasteiger partial charge in [-0.05, 0) is 23.8 Å². The number of hydrogen-bond acceptors (Lipinski definition) is 4. The van der Waals surface area contributed by atoms with Crippen LogP contribution in [0.25, 0.3) is 11.2 Å². The van der Waals surface area contributed by atoms with E-state index in [1.165, 1.54) is 0 Å². The highest BCUT2D eigenvalue weighted by molar-refractivity contribution is 6.31. The van der Waals surface area contributed by atoms with Crippen LogP contribution in [0.5, 0.6) is 0 Å². The molecule has 5 nitrogen and oxygen atoms in total. The molecular weight excluding hydrogens is 300 g/mol. The molecule has 0 amide bonds. The highest BCUT2D eigenvalue weighted by atomic mass is 35.5. The molecule has 0 radical (unpaired) electrons. The van der Waals surface area contributed by atoms with Crippen LogP contribution in [-0.2, 0) is 17.9 Å². The number of ether oxygens (including phenoxy) is 1. The van der Waals surface area contributed by atoms with E-state index in [9.17, 15) is 0 Å². The van der Waals surface area contributed by atoms with Crippen LogP contribution in [-0.4, -0.2) is 21.6 Å². The molecule has 0 bridgehead atoms. The highest BCUT2D eigenvalue weighted by Crippen LogP contribution is 2.20. The van der Waals surface area contributed by atoms with Crippen molar-refractivity contribution >= 4 is 22.8 Å². The van der Waals surface area contributed by atoms with Crippen molar-refractivity contribution in [3.63, 3.8) is 0 Å². The molecular formula is C16H13ClN4O. The van der Waals surface area contributed by atoms with Crippen LogP contribution in [0.1, 0.15) is 17.0 Å². The minimum absolute atomic E-state index is 0.393. The molecule has 0 N–H and O–H groups in total. The molecule has 110 valence electrons. The number of hydrogen-bond donors (Lipinski definition) is 0. The molecule has 0 fully saturated rings. The third-order valence-electron chi connectivity index (χ3n) is 3.33. The van der Waals surface area contributed by atoms with Gasteiger partial charge in [0.05, 0.1) is 23.2 Å². The van der Waals surface area contributed by atoms with Crippen molar-refractivity contribution in [1.82, 2.24) is 14.5 Å². The molecule has 0 saturated heterocycles. The van der Waals surface area contributed by atoms with E-state index in [4.69, 9.17) is 21.6 Å². The third-order valence-corrected chi connectivity index (χ3v) is 3.53. The summed E-state index contributed by atoms with van der Waals surface area (Å²) in [6, 6.07) is 11.4. The molecule has 1 aromatic carbocycles. The van der Waals surface area contributed by atoms with Gasteiger partial charge >= 0.3 is 0 Å². The predicted octanol–water partition coefficient (Wildman–Crippen LogP) is 3.15. The Morgan fingerprint density at radius 1 is 1.32 bits per heavy atom. The molecule has 22 heavy (non-hydrogen) atoms. The Bertz CT molecular complexity index is 849. The van der Waals surface area contributed by atoms with Crippen LogP contribution in [0, 0.1) is 11.3 Å². The van der Waals surface area contributed by atoms with Crippen LogP contribution >= 0.6 is 11.6 Å². The first-order chi connectivity index (χ1) is 10.7. The van der Waals surface area contributed by atoms with Crippen molar-refractivity contribution in [1.29, 1.82) is 5.26 Å². The van der Waals surface area contributed by atoms with E-state index in [0.717, 1.165) is 22.6 Å². The molecule has 0 aliphatic heterocycles. The molecule has 0 saturated carbocycles. The zero-order valence-corrected chi connectivity index (χ0v) is 12.7. The monoisotopic (exact) mass is 312 g/mol. The van der Waals surface area contributed by atoms with Gasteiger partial charge in [0, 0.05) is 13.3 Å². The fraction of sp³-hybridized carbons (Fsp3) is 0.188. The molecule has 0 unspecified atom stereocenters. The van der Waals surface area contributed by atoms with Gasteiger partial charge in [-0.15, -0.1) is 0 Å². The number of aromatic nitrogens is 3. The van der Waals surface area contributed by atoms with E-state index >= 15 is 0 Å². The van der Waals surface area contributed by atoms with Crippen molar-refractivity contribution in [2.45, 2.75) is 13.2 Å². The van der Waals surface area contributed by atoms with Crippen molar-refractivity contribution in [3.8, 4) is 6.07 Å². The number of imidazole rings is 1. The first-order valence-corrected chi connectivity index (χ1v) is 7.07. The molecule has 2 heterocycles. The first-order valence-electron chi connectivity index (χ1n) is 6.70. The maximum absolute atomic E-state index is 8.86. The largest absolute Gasteiger partial charge is 0.377 e. The lowest BCUT2D eigenvalue weighted by molar-refractivity contribution is 0.175. The summed E-state index contributed by atoms with van der Waals surface area (Å²) >= 11 is 5.98. The van der Waals surface area contributed by atoms with Crippen LogP contribution in [0.2, 0.25) is 5.02 Å². The number of fused-ring (bicyclic) bond motifs is 1. The molecule has 0 spiro atoms. The topological polar surface area (TPSA) is 63.7 Å². The van der Waals surface area contributed by atoms with E-state index in [1.54, 1.807) is 31.5 Å². The SMILES string of the molecule is COCc1nc2cc(Cl)cnc2n1Cc1ccc(C#N)cc1. The van der Waals surface area contributed by atoms with Gasteiger partial charge < -0.3 is 9.30 Å². The van der Waals surface area contributed by atoms with Gasteiger partial charge in [0.15, 0.2) is 5.65 Å². The third kappa shape index (κ3) is 2.80. The molecule has 2 aromatic heterocycles. The van der Waals surface area contributed by atoms with E-state index in [1.807, 2.05) is 16.7 Å². The molecule has 0 aliphatic rings. The number of pyridine rings is 1. The van der Waals surface area contributed by atoms with Gasteiger partial charge in [0.1, 0.15) is 17.9 Å². The summed E-state index contributed by atoms with van der Waals surface area (Å²) < 4.78 is 7.21. The highest BCUT2D eigenvalue weighted by Gasteiger charge is 2.12. The summed E-state index contributed by atoms with van der Waals surface area (Å²) in [4.78, 5) is 8.91. The van der Waals surface area contributed by atoms with Gasteiger partial charge in [-0.1, -0.05) is 23.7 Å². The minimum atomic E-state index is 0.393. The van der Waals surface area contributed by atoms with Gasteiger partial charge in [0.2, 0.25) is 0 Å². The Morgan fingerprint density at radius 2 is 2.09 bits per heavy atom. The van der Waals surface area contributed by atoms with Gasteiger partial charge in [-0.3, -0.25) is 0 Å². The van der Waals surface area contributed by atoms with E-state index in [0.29, 0.717) is 23.7 Å². The van der Waals surface area contributed by atoms with Crippen molar-refractivity contribution in [2.24, 2.45) is 0 Å². The summed E-state index contributed by atoms with van der Waals surface area (Å²) in [5.41, 5.74) is 3.21. The van der Waals surface area contributed by atoms with Crippen molar-refractivity contribution < 1.29 is 4.74 Å². The van der Waals surface area contributed by atoms with Crippen molar-refractivity contribution in [2.75, 3.05) is 7.11 Å². The molecule has 6 heteroatoms. The van der Waals surface area contributed by atoms with Gasteiger partial charge in [0.25, 0.3) is 0 Å². The van der Waals surface area contributed by atoms with E-state index in [-0.39, 0.29) is 0 Å². The van der Waals surface area contributed by atoms with Gasteiger partial charge in [-0.25, -0.2) is 9.97 Å². The second-order valence-electron chi connectivity index (χ2n) is 4.85.